The summed E-state index contributed by atoms with van der Waals surface area (Å²) in [4.78, 5) is 12.6. The second kappa shape index (κ2) is 8.46. The molecule has 1 atom stereocenters. The van der Waals surface area contributed by atoms with E-state index in [0.717, 1.165) is 16.7 Å². The number of rotatable bonds is 4. The predicted octanol–water partition coefficient (Wildman–Crippen LogP) is 4.64. The zero-order valence-corrected chi connectivity index (χ0v) is 18.5. The molecule has 0 amide bonds. The van der Waals surface area contributed by atoms with E-state index < -0.39 is 27.6 Å². The lowest BCUT2D eigenvalue weighted by Gasteiger charge is -2.35. The zero-order valence-electron chi connectivity index (χ0n) is 16.9. The third-order valence-corrected chi connectivity index (χ3v) is 6.89. The minimum Gasteiger partial charge on any atom is -0.459 e. The number of hydrogen-bond donors (Lipinski definition) is 0. The fraction of sp³-hybridized carbons (Fsp3) is 0.409. The molecule has 0 aliphatic carbocycles. The largest absolute Gasteiger partial charge is 0.459 e. The molecular formula is C22H26ClNO4S. The molecule has 5 nitrogen and oxygen atoms in total. The van der Waals surface area contributed by atoms with Crippen molar-refractivity contribution in [2.24, 2.45) is 0 Å². The van der Waals surface area contributed by atoms with Gasteiger partial charge in [-0.15, -0.1) is 0 Å². The molecule has 2 aromatic carbocycles. The topological polar surface area (TPSA) is 63.7 Å². The van der Waals surface area contributed by atoms with Gasteiger partial charge in [-0.05, 0) is 62.4 Å². The molecule has 0 N–H and O–H groups in total. The van der Waals surface area contributed by atoms with Gasteiger partial charge in [-0.1, -0.05) is 48.0 Å². The summed E-state index contributed by atoms with van der Waals surface area (Å²) in [5.74, 6) is -0.437. The van der Waals surface area contributed by atoms with Gasteiger partial charge < -0.3 is 4.74 Å². The average molecular weight is 436 g/mol. The van der Waals surface area contributed by atoms with E-state index in [0.29, 0.717) is 17.9 Å². The Labute approximate surface area is 177 Å². The highest BCUT2D eigenvalue weighted by Crippen LogP contribution is 2.27. The van der Waals surface area contributed by atoms with Crippen LogP contribution in [0.4, 0.5) is 0 Å². The van der Waals surface area contributed by atoms with Crippen molar-refractivity contribution in [3.8, 4) is 11.1 Å². The Kier molecular flexibility index (Phi) is 6.36. The molecule has 1 aliphatic heterocycles. The summed E-state index contributed by atoms with van der Waals surface area (Å²) in [6.45, 7) is 5.49. The first kappa shape index (κ1) is 21.8. The van der Waals surface area contributed by atoms with Gasteiger partial charge in [0.15, 0.2) is 0 Å². The van der Waals surface area contributed by atoms with Gasteiger partial charge in [0.1, 0.15) is 11.6 Å². The van der Waals surface area contributed by atoms with Crippen molar-refractivity contribution >= 4 is 27.6 Å². The number of esters is 1. The van der Waals surface area contributed by atoms with Gasteiger partial charge in [0.05, 0.1) is 5.75 Å². The summed E-state index contributed by atoms with van der Waals surface area (Å²) in [6, 6.07) is 14.4. The Morgan fingerprint density at radius 2 is 1.62 bits per heavy atom. The molecule has 29 heavy (non-hydrogen) atoms. The first-order valence-corrected chi connectivity index (χ1v) is 11.6. The van der Waals surface area contributed by atoms with Crippen LogP contribution in [0.25, 0.3) is 11.1 Å². The van der Waals surface area contributed by atoms with Crippen LogP contribution in [0.2, 0.25) is 5.02 Å². The average Bonchev–Trinajstić information content (AvgIpc) is 2.63. The van der Waals surface area contributed by atoms with Crippen molar-refractivity contribution in [2.45, 2.75) is 51.8 Å². The lowest BCUT2D eigenvalue weighted by atomic mass is 10.0. The van der Waals surface area contributed by atoms with Crippen molar-refractivity contribution in [2.75, 3.05) is 5.75 Å². The van der Waals surface area contributed by atoms with Crippen LogP contribution < -0.4 is 0 Å². The highest BCUT2D eigenvalue weighted by Gasteiger charge is 2.40. The van der Waals surface area contributed by atoms with Crippen LogP contribution >= 0.6 is 11.6 Å². The molecule has 1 saturated heterocycles. The normalized spacial score (nSPS) is 19.7. The lowest BCUT2D eigenvalue weighted by molar-refractivity contribution is -0.160. The van der Waals surface area contributed by atoms with Crippen LogP contribution in [0.5, 0.6) is 0 Å². The van der Waals surface area contributed by atoms with Crippen LogP contribution in [0.1, 0.15) is 39.2 Å². The molecule has 0 aromatic heterocycles. The Morgan fingerprint density at radius 1 is 1.07 bits per heavy atom. The molecule has 0 radical (unpaired) electrons. The monoisotopic (exact) mass is 435 g/mol. The Bertz CT molecular complexity index is 963. The maximum Gasteiger partial charge on any atom is 0.324 e. The fourth-order valence-electron chi connectivity index (χ4n) is 3.35. The van der Waals surface area contributed by atoms with E-state index in [4.69, 9.17) is 16.3 Å². The summed E-state index contributed by atoms with van der Waals surface area (Å²) >= 11 is 5.94. The van der Waals surface area contributed by atoms with E-state index >= 15 is 0 Å². The molecule has 2 aromatic rings. The lowest BCUT2D eigenvalue weighted by Crippen LogP contribution is -2.50. The molecule has 0 bridgehead atoms. The second-order valence-corrected chi connectivity index (χ2v) is 10.7. The minimum atomic E-state index is -3.52. The summed E-state index contributed by atoms with van der Waals surface area (Å²) in [5.41, 5.74) is 2.19. The number of ether oxygens (including phenoxy) is 1. The third kappa shape index (κ3) is 5.59. The SMILES string of the molecule is CC(C)(C)OC(=O)[C@H]1CCCS(=O)(=O)N1Cc1ccc(-c2ccc(Cl)cc2)cc1. The summed E-state index contributed by atoms with van der Waals surface area (Å²) in [5, 5.41) is 0.675. The standard InChI is InChI=1S/C22H26ClNO4S/c1-22(2,3)28-21(25)20-5-4-14-29(26,27)24(20)15-16-6-8-17(9-7-16)18-10-12-19(23)13-11-18/h6-13,20H,4-5,14-15H2,1-3H3/t20-/m1/s1. The third-order valence-electron chi connectivity index (χ3n) is 4.73. The van der Waals surface area contributed by atoms with Crippen LogP contribution in [-0.2, 0) is 26.1 Å². The molecular weight excluding hydrogens is 410 g/mol. The van der Waals surface area contributed by atoms with Crippen LogP contribution in [0.15, 0.2) is 48.5 Å². The first-order chi connectivity index (χ1) is 13.5. The molecule has 0 saturated carbocycles. The smallest absolute Gasteiger partial charge is 0.324 e. The Balaban J connectivity index is 1.81. The van der Waals surface area contributed by atoms with Gasteiger partial charge in [0.25, 0.3) is 0 Å². The van der Waals surface area contributed by atoms with Crippen molar-refractivity contribution in [3.63, 3.8) is 0 Å². The minimum absolute atomic E-state index is 0.0508. The van der Waals surface area contributed by atoms with Gasteiger partial charge in [-0.25, -0.2) is 8.42 Å². The van der Waals surface area contributed by atoms with Crippen molar-refractivity contribution < 1.29 is 17.9 Å². The number of carbonyl (C=O) groups is 1. The number of halogens is 1. The molecule has 1 fully saturated rings. The van der Waals surface area contributed by atoms with E-state index in [-0.39, 0.29) is 12.3 Å². The number of sulfonamides is 1. The van der Waals surface area contributed by atoms with E-state index in [1.807, 2.05) is 48.5 Å². The van der Waals surface area contributed by atoms with E-state index in [2.05, 4.69) is 0 Å². The van der Waals surface area contributed by atoms with Gasteiger partial charge in [-0.2, -0.15) is 4.31 Å². The first-order valence-electron chi connectivity index (χ1n) is 9.62. The predicted molar refractivity (Wildman–Crippen MR) is 115 cm³/mol. The highest BCUT2D eigenvalue weighted by molar-refractivity contribution is 7.89. The Morgan fingerprint density at radius 3 is 2.17 bits per heavy atom. The highest BCUT2D eigenvalue weighted by atomic mass is 35.5. The maximum absolute atomic E-state index is 12.7. The van der Waals surface area contributed by atoms with Crippen LogP contribution in [-0.4, -0.2) is 36.1 Å². The van der Waals surface area contributed by atoms with Crippen molar-refractivity contribution in [1.29, 1.82) is 0 Å². The molecule has 7 heteroatoms. The zero-order chi connectivity index (χ0) is 21.2. The van der Waals surface area contributed by atoms with E-state index in [1.54, 1.807) is 20.8 Å². The Hall–Kier alpha value is -1.89. The molecule has 1 aliphatic rings. The van der Waals surface area contributed by atoms with Gasteiger partial charge in [0.2, 0.25) is 10.0 Å². The molecule has 156 valence electrons. The van der Waals surface area contributed by atoms with E-state index in [9.17, 15) is 13.2 Å². The van der Waals surface area contributed by atoms with E-state index in [1.165, 1.54) is 4.31 Å². The van der Waals surface area contributed by atoms with Crippen molar-refractivity contribution in [3.05, 3.63) is 59.1 Å². The second-order valence-electron chi connectivity index (χ2n) is 8.26. The van der Waals surface area contributed by atoms with Crippen molar-refractivity contribution in [1.82, 2.24) is 4.31 Å². The van der Waals surface area contributed by atoms with Gasteiger partial charge in [-0.3, -0.25) is 4.79 Å². The summed E-state index contributed by atoms with van der Waals surface area (Å²) in [6.07, 6.45) is 0.926. The molecule has 3 rings (SSSR count). The quantitative estimate of drug-likeness (QED) is 0.656. The van der Waals surface area contributed by atoms with Crippen LogP contribution in [0.3, 0.4) is 0 Å². The number of nitrogens with zero attached hydrogens (tertiary/aromatic N) is 1. The summed E-state index contributed by atoms with van der Waals surface area (Å²) < 4.78 is 32.1. The van der Waals surface area contributed by atoms with Crippen LogP contribution in [0, 0.1) is 0 Å². The van der Waals surface area contributed by atoms with Gasteiger partial charge >= 0.3 is 5.97 Å². The van der Waals surface area contributed by atoms with Gasteiger partial charge in [0, 0.05) is 11.6 Å². The summed E-state index contributed by atoms with van der Waals surface area (Å²) in [7, 11) is -3.52. The number of benzene rings is 2. The maximum atomic E-state index is 12.7. The molecule has 1 heterocycles. The molecule has 0 unspecified atom stereocenters. The number of carbonyl (C=O) groups excluding carboxylic acids is 1. The number of hydrogen-bond acceptors (Lipinski definition) is 4. The fourth-order valence-corrected chi connectivity index (χ4v) is 5.17. The molecule has 0 spiro atoms.